The molecule has 0 radical (unpaired) electrons. The molecule has 96 valence electrons. The van der Waals surface area contributed by atoms with E-state index in [0.717, 1.165) is 18.5 Å². The smallest absolute Gasteiger partial charge is 0.125 e. The Morgan fingerprint density at radius 2 is 2.22 bits per heavy atom. The maximum Gasteiger partial charge on any atom is 0.125 e. The lowest BCUT2D eigenvalue weighted by Crippen LogP contribution is -2.14. The monoisotopic (exact) mass is 267 g/mol. The molecule has 0 aliphatic carbocycles. The van der Waals surface area contributed by atoms with Crippen molar-refractivity contribution in [1.82, 2.24) is 15.1 Å². The van der Waals surface area contributed by atoms with Crippen LogP contribution in [0.4, 0.5) is 4.39 Å². The first-order valence-corrected chi connectivity index (χ1v) is 6.27. The Bertz CT molecular complexity index is 525. The van der Waals surface area contributed by atoms with Crippen molar-refractivity contribution in [2.45, 2.75) is 19.9 Å². The van der Waals surface area contributed by atoms with E-state index in [2.05, 4.69) is 17.3 Å². The van der Waals surface area contributed by atoms with Gasteiger partial charge in [-0.15, -0.1) is 0 Å². The van der Waals surface area contributed by atoms with Crippen LogP contribution >= 0.6 is 11.6 Å². The van der Waals surface area contributed by atoms with Crippen molar-refractivity contribution in [3.05, 3.63) is 47.0 Å². The van der Waals surface area contributed by atoms with Gasteiger partial charge < -0.3 is 5.32 Å². The summed E-state index contributed by atoms with van der Waals surface area (Å²) in [5, 5.41) is 7.83. The molecule has 0 unspecified atom stereocenters. The van der Waals surface area contributed by atoms with E-state index in [1.54, 1.807) is 10.9 Å². The number of benzene rings is 1. The van der Waals surface area contributed by atoms with Crippen LogP contribution in [0.15, 0.2) is 30.6 Å². The lowest BCUT2D eigenvalue weighted by molar-refractivity contribution is 0.616. The average Bonchev–Trinajstić information content (AvgIpc) is 2.76. The molecule has 1 N–H and O–H groups in total. The van der Waals surface area contributed by atoms with E-state index in [9.17, 15) is 4.39 Å². The second-order valence-corrected chi connectivity index (χ2v) is 4.53. The third-order valence-electron chi connectivity index (χ3n) is 2.51. The number of nitrogens with zero attached hydrogens (tertiary/aromatic N) is 2. The molecule has 0 atom stereocenters. The van der Waals surface area contributed by atoms with Crippen LogP contribution in [0.5, 0.6) is 0 Å². The fourth-order valence-corrected chi connectivity index (χ4v) is 1.86. The van der Waals surface area contributed by atoms with Crippen molar-refractivity contribution in [2.24, 2.45) is 0 Å². The molecule has 0 aliphatic rings. The summed E-state index contributed by atoms with van der Waals surface area (Å²) in [6.07, 6.45) is 4.23. The highest BCUT2D eigenvalue weighted by Gasteiger charge is 2.04. The summed E-state index contributed by atoms with van der Waals surface area (Å²) in [6.45, 7) is 3.66. The number of aromatic nitrogens is 2. The quantitative estimate of drug-likeness (QED) is 0.844. The second kappa shape index (κ2) is 5.98. The molecule has 18 heavy (non-hydrogen) atoms. The zero-order valence-electron chi connectivity index (χ0n) is 10.2. The van der Waals surface area contributed by atoms with E-state index in [0.29, 0.717) is 17.3 Å². The zero-order chi connectivity index (χ0) is 13.0. The topological polar surface area (TPSA) is 29.9 Å². The van der Waals surface area contributed by atoms with Gasteiger partial charge >= 0.3 is 0 Å². The highest BCUT2D eigenvalue weighted by molar-refractivity contribution is 6.30. The van der Waals surface area contributed by atoms with Crippen molar-refractivity contribution >= 4 is 11.6 Å². The largest absolute Gasteiger partial charge is 0.313 e. The Hall–Kier alpha value is -1.39. The van der Waals surface area contributed by atoms with Gasteiger partial charge in [0.15, 0.2) is 0 Å². The molecule has 3 nitrogen and oxygen atoms in total. The summed E-state index contributed by atoms with van der Waals surface area (Å²) in [4.78, 5) is 0. The number of halogens is 2. The van der Waals surface area contributed by atoms with Crippen molar-refractivity contribution in [3.63, 3.8) is 0 Å². The van der Waals surface area contributed by atoms with Gasteiger partial charge in [0.25, 0.3) is 0 Å². The first-order valence-electron chi connectivity index (χ1n) is 5.90. The summed E-state index contributed by atoms with van der Waals surface area (Å²) in [5.74, 6) is -0.271. The van der Waals surface area contributed by atoms with Gasteiger partial charge in [-0.05, 0) is 36.7 Å². The minimum Gasteiger partial charge on any atom is -0.313 e. The van der Waals surface area contributed by atoms with Gasteiger partial charge in [0.2, 0.25) is 0 Å². The first kappa shape index (κ1) is 13.1. The summed E-state index contributed by atoms with van der Waals surface area (Å²) >= 11 is 5.80. The Kier molecular flexibility index (Phi) is 4.33. The maximum absolute atomic E-state index is 13.5. The van der Waals surface area contributed by atoms with Crippen LogP contribution in [-0.4, -0.2) is 16.3 Å². The molecule has 0 bridgehead atoms. The fraction of sp³-hybridized carbons (Fsp3) is 0.308. The molecule has 0 saturated heterocycles. The summed E-state index contributed by atoms with van der Waals surface area (Å²) in [7, 11) is 0. The molecule has 5 heteroatoms. The normalized spacial score (nSPS) is 10.8. The van der Waals surface area contributed by atoms with Gasteiger partial charge in [-0.25, -0.2) is 9.07 Å². The van der Waals surface area contributed by atoms with E-state index >= 15 is 0 Å². The van der Waals surface area contributed by atoms with Crippen LogP contribution < -0.4 is 5.32 Å². The predicted octanol–water partition coefficient (Wildman–Crippen LogP) is 3.16. The third kappa shape index (κ3) is 3.31. The molecular weight excluding hydrogens is 253 g/mol. The van der Waals surface area contributed by atoms with Crippen LogP contribution in [-0.2, 0) is 6.54 Å². The van der Waals surface area contributed by atoms with Gasteiger partial charge in [-0.2, -0.15) is 5.10 Å². The summed E-state index contributed by atoms with van der Waals surface area (Å²) < 4.78 is 15.1. The minimum atomic E-state index is -0.271. The Morgan fingerprint density at radius 1 is 1.39 bits per heavy atom. The van der Waals surface area contributed by atoms with E-state index in [1.165, 1.54) is 18.3 Å². The van der Waals surface area contributed by atoms with Crippen molar-refractivity contribution in [3.8, 4) is 5.69 Å². The van der Waals surface area contributed by atoms with Crippen molar-refractivity contribution < 1.29 is 4.39 Å². The molecule has 0 fully saturated rings. The molecule has 0 saturated carbocycles. The molecule has 0 amide bonds. The SMILES string of the molecule is CCCNCc1cc(F)cc(-n2cc(Cl)cn2)c1. The second-order valence-electron chi connectivity index (χ2n) is 4.10. The molecule has 2 rings (SSSR count). The van der Waals surface area contributed by atoms with Gasteiger partial charge in [0.05, 0.1) is 16.9 Å². The Morgan fingerprint density at radius 3 is 2.89 bits per heavy atom. The molecule has 1 heterocycles. The average molecular weight is 268 g/mol. The van der Waals surface area contributed by atoms with Gasteiger partial charge in [0.1, 0.15) is 5.82 Å². The molecule has 0 spiro atoms. The minimum absolute atomic E-state index is 0.271. The number of hydrogen-bond donors (Lipinski definition) is 1. The Balaban J connectivity index is 2.21. The zero-order valence-corrected chi connectivity index (χ0v) is 10.9. The van der Waals surface area contributed by atoms with Crippen LogP contribution in [0.3, 0.4) is 0 Å². The predicted molar refractivity (Wildman–Crippen MR) is 70.5 cm³/mol. The van der Waals surface area contributed by atoms with Crippen molar-refractivity contribution in [1.29, 1.82) is 0 Å². The molecule has 0 aliphatic heterocycles. The molecule has 1 aromatic carbocycles. The van der Waals surface area contributed by atoms with Gasteiger partial charge in [-0.1, -0.05) is 18.5 Å². The van der Waals surface area contributed by atoms with Gasteiger partial charge in [0, 0.05) is 12.7 Å². The van der Waals surface area contributed by atoms with Crippen LogP contribution in [0.2, 0.25) is 5.02 Å². The van der Waals surface area contributed by atoms with Crippen LogP contribution in [0.1, 0.15) is 18.9 Å². The summed E-state index contributed by atoms with van der Waals surface area (Å²) in [6, 6.07) is 4.86. The molecule has 1 aromatic heterocycles. The lowest BCUT2D eigenvalue weighted by atomic mass is 10.2. The standard InChI is InChI=1S/C13H15ClFN3/c1-2-3-16-7-10-4-12(15)6-13(5-10)18-9-11(14)8-17-18/h4-6,8-9,16H,2-3,7H2,1H3. The first-order chi connectivity index (χ1) is 8.69. The molecular formula is C13H15ClFN3. The maximum atomic E-state index is 13.5. The fourth-order valence-electron chi connectivity index (χ4n) is 1.72. The number of rotatable bonds is 5. The number of nitrogens with one attached hydrogen (secondary N) is 1. The third-order valence-corrected chi connectivity index (χ3v) is 2.71. The molecule has 2 aromatic rings. The highest BCUT2D eigenvalue weighted by atomic mass is 35.5. The summed E-state index contributed by atoms with van der Waals surface area (Å²) in [5.41, 5.74) is 1.57. The number of hydrogen-bond acceptors (Lipinski definition) is 2. The van der Waals surface area contributed by atoms with Crippen LogP contribution in [0, 0.1) is 5.82 Å². The van der Waals surface area contributed by atoms with Crippen molar-refractivity contribution in [2.75, 3.05) is 6.54 Å². The van der Waals surface area contributed by atoms with E-state index in [4.69, 9.17) is 11.6 Å². The van der Waals surface area contributed by atoms with Gasteiger partial charge in [-0.3, -0.25) is 0 Å². The highest BCUT2D eigenvalue weighted by Crippen LogP contribution is 2.15. The van der Waals surface area contributed by atoms with E-state index < -0.39 is 0 Å². The van der Waals surface area contributed by atoms with Crippen LogP contribution in [0.25, 0.3) is 5.69 Å². The lowest BCUT2D eigenvalue weighted by Gasteiger charge is -2.07. The van der Waals surface area contributed by atoms with E-state index in [1.807, 2.05) is 6.07 Å². The Labute approximate surface area is 111 Å². The van der Waals surface area contributed by atoms with E-state index in [-0.39, 0.29) is 5.82 Å².